The van der Waals surface area contributed by atoms with Crippen molar-refractivity contribution in [1.29, 1.82) is 10.5 Å². The summed E-state index contributed by atoms with van der Waals surface area (Å²) in [7, 11) is 0. The minimum absolute atomic E-state index is 0.0465. The van der Waals surface area contributed by atoms with E-state index < -0.39 is 11.6 Å². The van der Waals surface area contributed by atoms with Crippen LogP contribution in [0.15, 0.2) is 91.9 Å². The van der Waals surface area contributed by atoms with Crippen molar-refractivity contribution in [2.45, 2.75) is 6.92 Å². The van der Waals surface area contributed by atoms with Crippen molar-refractivity contribution in [3.8, 4) is 34.9 Å². The fourth-order valence-electron chi connectivity index (χ4n) is 4.20. The highest BCUT2D eigenvalue weighted by Crippen LogP contribution is 2.26. The standard InChI is InChI=1S/C29H12F2N10/c1-14(25-36-21-11-16(30)10-19(31)24(21)38-25)26-39-27(15-6-4-3-5-7-15)41-28(40-26)17-8-9-20-23(18(17)12-32)37-29(35-20)22(13-33)34-2/h3-11H,1H3/b25-14-,29-22+. The maximum absolute atomic E-state index is 14.3. The van der Waals surface area contributed by atoms with Gasteiger partial charge in [0.1, 0.15) is 22.6 Å². The molecular weight excluding hydrogens is 526 g/mol. The van der Waals surface area contributed by atoms with Gasteiger partial charge in [0.2, 0.25) is 0 Å². The molecule has 0 amide bonds. The highest BCUT2D eigenvalue weighted by molar-refractivity contribution is 5.70. The van der Waals surface area contributed by atoms with Gasteiger partial charge in [0.25, 0.3) is 0 Å². The van der Waals surface area contributed by atoms with Crippen LogP contribution in [0.4, 0.5) is 8.78 Å². The fourth-order valence-corrected chi connectivity index (χ4v) is 4.20. The van der Waals surface area contributed by atoms with Gasteiger partial charge in [0.15, 0.2) is 34.9 Å². The predicted octanol–water partition coefficient (Wildman–Crippen LogP) is 2.86. The highest BCUT2D eigenvalue weighted by atomic mass is 19.1. The van der Waals surface area contributed by atoms with E-state index in [1.54, 1.807) is 37.3 Å². The lowest BCUT2D eigenvalue weighted by Crippen LogP contribution is -2.25. The lowest BCUT2D eigenvalue weighted by molar-refractivity contribution is 0.571. The molecule has 0 bridgehead atoms. The monoisotopic (exact) mass is 538 g/mol. The number of allylic oxidation sites excluding steroid dienone is 2. The number of hydrogen-bond acceptors (Lipinski definition) is 9. The average Bonchev–Trinajstić information content (AvgIpc) is 3.62. The molecule has 6 rings (SSSR count). The Bertz CT molecular complexity index is 2250. The normalized spacial score (nSPS) is 15.0. The molecule has 192 valence electrons. The third-order valence-corrected chi connectivity index (χ3v) is 6.17. The summed E-state index contributed by atoms with van der Waals surface area (Å²) >= 11 is 0. The molecule has 0 saturated carbocycles. The van der Waals surface area contributed by atoms with Gasteiger partial charge >= 0.3 is 5.70 Å². The van der Waals surface area contributed by atoms with E-state index in [0.29, 0.717) is 22.1 Å². The number of nitriles is 2. The Morgan fingerprint density at radius 2 is 1.56 bits per heavy atom. The number of rotatable bonds is 3. The molecule has 2 aliphatic heterocycles. The second kappa shape index (κ2) is 9.77. The van der Waals surface area contributed by atoms with Crippen LogP contribution in [0.2, 0.25) is 0 Å². The van der Waals surface area contributed by atoms with Gasteiger partial charge < -0.3 is 0 Å². The molecule has 4 aromatic rings. The second-order valence-electron chi connectivity index (χ2n) is 8.69. The Balaban J connectivity index is 1.60. The van der Waals surface area contributed by atoms with Crippen LogP contribution in [0.25, 0.3) is 33.2 Å². The first-order chi connectivity index (χ1) is 19.9. The fraction of sp³-hybridized carbons (Fsp3) is 0.0345. The molecule has 41 heavy (non-hydrogen) atoms. The van der Waals surface area contributed by atoms with Crippen LogP contribution in [0.5, 0.6) is 0 Å². The molecule has 0 spiro atoms. The van der Waals surface area contributed by atoms with E-state index in [1.807, 2.05) is 18.2 Å². The topological polar surface area (TPSA) is 140 Å². The van der Waals surface area contributed by atoms with Crippen LogP contribution in [-0.2, 0) is 0 Å². The summed E-state index contributed by atoms with van der Waals surface area (Å²) in [6.07, 6.45) is 0. The molecule has 3 heterocycles. The van der Waals surface area contributed by atoms with E-state index >= 15 is 0 Å². The third-order valence-electron chi connectivity index (χ3n) is 6.17. The average molecular weight is 538 g/mol. The first-order valence-corrected chi connectivity index (χ1v) is 11.9. The summed E-state index contributed by atoms with van der Waals surface area (Å²) in [6, 6.07) is 17.9. The number of fused-ring (bicyclic) bond motifs is 2. The summed E-state index contributed by atoms with van der Waals surface area (Å²) in [5, 5.41) is 19.8. The van der Waals surface area contributed by atoms with Gasteiger partial charge in [-0.25, -0.2) is 53.8 Å². The predicted molar refractivity (Wildman–Crippen MR) is 138 cm³/mol. The van der Waals surface area contributed by atoms with E-state index in [9.17, 15) is 19.3 Å². The Labute approximate surface area is 229 Å². The molecular formula is C29H12F2N10. The summed E-state index contributed by atoms with van der Waals surface area (Å²) < 4.78 is 28.1. The molecule has 0 saturated heterocycles. The molecule has 0 atom stereocenters. The number of benzene rings is 3. The summed E-state index contributed by atoms with van der Waals surface area (Å²) in [5.41, 5.74) is 1.12. The number of halogens is 2. The van der Waals surface area contributed by atoms with Crippen LogP contribution in [0.3, 0.4) is 0 Å². The molecule has 0 fully saturated rings. The van der Waals surface area contributed by atoms with Gasteiger partial charge in [-0.2, -0.15) is 5.26 Å². The van der Waals surface area contributed by atoms with E-state index in [4.69, 9.17) is 6.57 Å². The summed E-state index contributed by atoms with van der Waals surface area (Å²) in [4.78, 5) is 33.9. The van der Waals surface area contributed by atoms with E-state index in [-0.39, 0.29) is 56.4 Å². The molecule has 0 unspecified atom stereocenters. The molecule has 12 heteroatoms. The molecule has 0 N–H and O–H groups in total. The Morgan fingerprint density at radius 1 is 0.829 bits per heavy atom. The van der Waals surface area contributed by atoms with Gasteiger partial charge in [-0.1, -0.05) is 30.3 Å². The minimum Gasteiger partial charge on any atom is -0.238 e. The quantitative estimate of drug-likeness (QED) is 0.291. The van der Waals surface area contributed by atoms with Gasteiger partial charge in [-0.3, -0.25) is 0 Å². The lowest BCUT2D eigenvalue weighted by atomic mass is 10.1. The number of aromatic nitrogens is 3. The Kier molecular flexibility index (Phi) is 5.95. The van der Waals surface area contributed by atoms with Gasteiger partial charge in [-0.05, 0) is 19.1 Å². The van der Waals surface area contributed by atoms with Crippen molar-refractivity contribution >= 4 is 5.57 Å². The number of hydrogen-bond donors (Lipinski definition) is 0. The minimum atomic E-state index is -0.843. The molecule has 0 aliphatic carbocycles. The number of nitrogens with zero attached hydrogens (tertiary/aromatic N) is 10. The van der Waals surface area contributed by atoms with Crippen molar-refractivity contribution in [3.05, 3.63) is 128 Å². The smallest absolute Gasteiger partial charge is 0.238 e. The highest BCUT2D eigenvalue weighted by Gasteiger charge is 2.21. The van der Waals surface area contributed by atoms with Crippen molar-refractivity contribution in [2.75, 3.05) is 0 Å². The van der Waals surface area contributed by atoms with Crippen molar-refractivity contribution in [2.24, 2.45) is 20.0 Å². The van der Waals surface area contributed by atoms with Crippen LogP contribution in [-0.4, -0.2) is 15.0 Å². The Morgan fingerprint density at radius 3 is 2.29 bits per heavy atom. The molecule has 1 aromatic heterocycles. The van der Waals surface area contributed by atoms with Crippen LogP contribution >= 0.6 is 0 Å². The molecule has 0 radical (unpaired) electrons. The second-order valence-corrected chi connectivity index (χ2v) is 8.69. The first-order valence-electron chi connectivity index (χ1n) is 11.9. The van der Waals surface area contributed by atoms with Crippen LogP contribution < -0.4 is 21.4 Å². The molecule has 2 aliphatic rings. The maximum atomic E-state index is 14.3. The van der Waals surface area contributed by atoms with E-state index in [1.165, 1.54) is 0 Å². The lowest BCUT2D eigenvalue weighted by Gasteiger charge is -2.09. The largest absolute Gasteiger partial charge is 0.305 e. The van der Waals surface area contributed by atoms with Crippen molar-refractivity contribution in [3.63, 3.8) is 0 Å². The zero-order chi connectivity index (χ0) is 28.7. The first kappa shape index (κ1) is 25.0. The van der Waals surface area contributed by atoms with Crippen LogP contribution in [0.1, 0.15) is 18.3 Å². The summed E-state index contributed by atoms with van der Waals surface area (Å²) in [5.74, 6) is -1.05. The van der Waals surface area contributed by atoms with Gasteiger partial charge in [-0.15, -0.1) is 0 Å². The van der Waals surface area contributed by atoms with Crippen molar-refractivity contribution < 1.29 is 8.78 Å². The van der Waals surface area contributed by atoms with Crippen molar-refractivity contribution in [1.82, 2.24) is 15.0 Å². The van der Waals surface area contributed by atoms with Crippen LogP contribution in [0, 0.1) is 40.9 Å². The SMILES string of the molecule is [C-]#[N+]/C(C#N)=C1\N=c2ccc(-c3nc(/C(C)=C4/N=c5cc(F)cc(F)c5=N4)nc(-c4ccccc4)n3)c(C#N)c2=N1. The summed E-state index contributed by atoms with van der Waals surface area (Å²) in [6.45, 7) is 8.83. The molecule has 3 aromatic carbocycles. The Hall–Kier alpha value is -6.32. The zero-order valence-corrected chi connectivity index (χ0v) is 20.9. The third kappa shape index (κ3) is 4.30. The molecule has 10 nitrogen and oxygen atoms in total. The van der Waals surface area contributed by atoms with E-state index in [2.05, 4.69) is 45.8 Å². The maximum Gasteiger partial charge on any atom is 0.305 e. The van der Waals surface area contributed by atoms with Gasteiger partial charge in [0, 0.05) is 28.8 Å². The van der Waals surface area contributed by atoms with E-state index in [0.717, 1.165) is 12.1 Å². The zero-order valence-electron chi connectivity index (χ0n) is 20.9. The van der Waals surface area contributed by atoms with Gasteiger partial charge in [0.05, 0.1) is 28.9 Å².